The molecule has 0 bridgehead atoms. The van der Waals surface area contributed by atoms with Gasteiger partial charge in [0, 0.05) is 19.4 Å². The van der Waals surface area contributed by atoms with Crippen LogP contribution in [0, 0.1) is 0 Å². The molecule has 2 amide bonds. The summed E-state index contributed by atoms with van der Waals surface area (Å²) in [6.07, 6.45) is -0.363. The highest BCUT2D eigenvalue weighted by atomic mass is 16.4. The van der Waals surface area contributed by atoms with Gasteiger partial charge in [0.25, 0.3) is 0 Å². The predicted molar refractivity (Wildman–Crippen MR) is 86.0 cm³/mol. The molecule has 0 radical (unpaired) electrons. The maximum atomic E-state index is 12.6. The average Bonchev–Trinajstić information content (AvgIpc) is 3.05. The number of carboxylic acid groups (broad SMARTS) is 3. The third kappa shape index (κ3) is 6.31. The Bertz CT molecular complexity index is 579. The first kappa shape index (κ1) is 21.4. The van der Waals surface area contributed by atoms with Crippen LogP contribution in [0.3, 0.4) is 0 Å². The van der Waals surface area contributed by atoms with Gasteiger partial charge in [-0.25, -0.2) is 4.79 Å². The van der Waals surface area contributed by atoms with Crippen molar-refractivity contribution in [1.29, 1.82) is 0 Å². The molecule has 6 N–H and O–H groups in total. The Balaban J connectivity index is 2.81. The highest BCUT2D eigenvalue weighted by molar-refractivity contribution is 5.92. The molecule has 0 aromatic heterocycles. The second-order valence-electron chi connectivity index (χ2n) is 6.06. The molecule has 11 nitrogen and oxygen atoms in total. The minimum absolute atomic E-state index is 0.150. The van der Waals surface area contributed by atoms with Crippen molar-refractivity contribution in [3.05, 3.63) is 0 Å². The van der Waals surface area contributed by atoms with E-state index in [1.54, 1.807) is 0 Å². The normalized spacial score (nSPS) is 18.8. The van der Waals surface area contributed by atoms with E-state index >= 15 is 0 Å². The van der Waals surface area contributed by atoms with Crippen molar-refractivity contribution in [2.45, 2.75) is 56.7 Å². The number of rotatable bonds is 10. The number of likely N-dealkylation sites (tertiary alicyclic amines) is 1. The summed E-state index contributed by atoms with van der Waals surface area (Å²) in [5.74, 6) is -4.95. The standard InChI is InChI=1S/C15H23N3O8/c16-8(3-5-11(19)20)13(23)17-9(4-6-12(21)22)14(24)18-7-1-2-10(18)15(25)26/h8-10H,1-7,16H2,(H,17,23)(H,19,20)(H,21,22)(H,25,26)/t8-,9-,10+/m0/s1. The van der Waals surface area contributed by atoms with Crippen molar-refractivity contribution in [3.8, 4) is 0 Å². The van der Waals surface area contributed by atoms with E-state index < -0.39 is 54.3 Å². The van der Waals surface area contributed by atoms with Gasteiger partial charge in [0.05, 0.1) is 6.04 Å². The molecule has 1 aliphatic heterocycles. The van der Waals surface area contributed by atoms with Crippen LogP contribution in [0.4, 0.5) is 0 Å². The number of carbonyl (C=O) groups is 5. The lowest BCUT2D eigenvalue weighted by Gasteiger charge is -2.27. The molecule has 0 aromatic rings. The lowest BCUT2D eigenvalue weighted by atomic mass is 10.1. The fourth-order valence-corrected chi connectivity index (χ4v) is 2.70. The molecule has 0 aliphatic carbocycles. The molecule has 1 fully saturated rings. The van der Waals surface area contributed by atoms with Crippen molar-refractivity contribution < 1.29 is 39.3 Å². The Labute approximate surface area is 149 Å². The summed E-state index contributed by atoms with van der Waals surface area (Å²) in [6, 6.07) is -3.44. The highest BCUT2D eigenvalue weighted by Gasteiger charge is 2.38. The van der Waals surface area contributed by atoms with Crippen molar-refractivity contribution in [1.82, 2.24) is 10.2 Å². The van der Waals surface area contributed by atoms with Crippen LogP contribution in [0.15, 0.2) is 0 Å². The van der Waals surface area contributed by atoms with E-state index in [0.717, 1.165) is 4.90 Å². The Hall–Kier alpha value is -2.69. The predicted octanol–water partition coefficient (Wildman–Crippen LogP) is -1.40. The van der Waals surface area contributed by atoms with Crippen LogP contribution in [0.5, 0.6) is 0 Å². The summed E-state index contributed by atoms with van der Waals surface area (Å²) in [7, 11) is 0. The van der Waals surface area contributed by atoms with Crippen LogP contribution in [0.25, 0.3) is 0 Å². The Kier molecular flexibility index (Phi) is 7.97. The smallest absolute Gasteiger partial charge is 0.326 e. The lowest BCUT2D eigenvalue weighted by Crippen LogP contribution is -2.54. The van der Waals surface area contributed by atoms with Gasteiger partial charge in [0.1, 0.15) is 12.1 Å². The van der Waals surface area contributed by atoms with Crippen LogP contribution in [0.1, 0.15) is 38.5 Å². The number of hydrogen-bond acceptors (Lipinski definition) is 6. The zero-order chi connectivity index (χ0) is 19.9. The fourth-order valence-electron chi connectivity index (χ4n) is 2.70. The van der Waals surface area contributed by atoms with E-state index in [4.69, 9.17) is 15.9 Å². The molecule has 0 saturated carbocycles. The molecular weight excluding hydrogens is 350 g/mol. The summed E-state index contributed by atoms with van der Waals surface area (Å²) in [5.41, 5.74) is 5.59. The summed E-state index contributed by atoms with van der Waals surface area (Å²) in [4.78, 5) is 58.4. The minimum Gasteiger partial charge on any atom is -0.481 e. The zero-order valence-corrected chi connectivity index (χ0v) is 14.1. The average molecular weight is 373 g/mol. The van der Waals surface area contributed by atoms with Gasteiger partial charge in [-0.3, -0.25) is 19.2 Å². The summed E-state index contributed by atoms with van der Waals surface area (Å²) in [5, 5.41) is 28.9. The Morgan fingerprint density at radius 1 is 1.04 bits per heavy atom. The van der Waals surface area contributed by atoms with Gasteiger partial charge in [-0.2, -0.15) is 0 Å². The molecule has 0 aromatic carbocycles. The van der Waals surface area contributed by atoms with Crippen molar-refractivity contribution in [3.63, 3.8) is 0 Å². The molecule has 11 heteroatoms. The van der Waals surface area contributed by atoms with E-state index in [1.807, 2.05) is 0 Å². The summed E-state index contributed by atoms with van der Waals surface area (Å²) < 4.78 is 0. The van der Waals surface area contributed by atoms with Gasteiger partial charge < -0.3 is 31.3 Å². The molecule has 1 aliphatic rings. The van der Waals surface area contributed by atoms with Gasteiger partial charge >= 0.3 is 17.9 Å². The first-order valence-electron chi connectivity index (χ1n) is 8.16. The number of nitrogens with two attached hydrogens (primary N) is 1. The number of aliphatic carboxylic acids is 3. The number of hydrogen-bond donors (Lipinski definition) is 5. The molecule has 1 heterocycles. The summed E-state index contributed by atoms with van der Waals surface area (Å²) in [6.45, 7) is 0.195. The van der Waals surface area contributed by atoms with Gasteiger partial charge in [-0.05, 0) is 25.7 Å². The van der Waals surface area contributed by atoms with E-state index in [1.165, 1.54) is 0 Å². The second kappa shape index (κ2) is 9.70. The first-order chi connectivity index (χ1) is 12.1. The van der Waals surface area contributed by atoms with Crippen LogP contribution < -0.4 is 11.1 Å². The fraction of sp³-hybridized carbons (Fsp3) is 0.667. The lowest BCUT2D eigenvalue weighted by molar-refractivity contribution is -0.150. The first-order valence-corrected chi connectivity index (χ1v) is 8.16. The number of amides is 2. The maximum absolute atomic E-state index is 12.6. The molecule has 0 spiro atoms. The maximum Gasteiger partial charge on any atom is 0.326 e. The molecule has 146 valence electrons. The van der Waals surface area contributed by atoms with Crippen LogP contribution in [-0.2, 0) is 24.0 Å². The topological polar surface area (TPSA) is 187 Å². The second-order valence-corrected chi connectivity index (χ2v) is 6.06. The van der Waals surface area contributed by atoms with E-state index in [9.17, 15) is 29.1 Å². The van der Waals surface area contributed by atoms with Gasteiger partial charge in [0.15, 0.2) is 0 Å². The number of carbonyl (C=O) groups excluding carboxylic acids is 2. The van der Waals surface area contributed by atoms with Crippen LogP contribution >= 0.6 is 0 Å². The van der Waals surface area contributed by atoms with Crippen molar-refractivity contribution >= 4 is 29.7 Å². The van der Waals surface area contributed by atoms with Gasteiger partial charge in [0.2, 0.25) is 11.8 Å². The minimum atomic E-state index is -1.24. The number of carboxylic acids is 3. The molecular formula is C15H23N3O8. The molecule has 3 atom stereocenters. The van der Waals surface area contributed by atoms with Crippen molar-refractivity contribution in [2.75, 3.05) is 6.54 Å². The number of nitrogens with zero attached hydrogens (tertiary/aromatic N) is 1. The van der Waals surface area contributed by atoms with Crippen molar-refractivity contribution in [2.24, 2.45) is 5.73 Å². The SMILES string of the molecule is N[C@@H](CCC(=O)O)C(=O)N[C@@H](CCC(=O)O)C(=O)N1CCC[C@@H]1C(=O)O. The van der Waals surface area contributed by atoms with Gasteiger partial charge in [-0.1, -0.05) is 0 Å². The Morgan fingerprint density at radius 3 is 2.15 bits per heavy atom. The zero-order valence-electron chi connectivity index (χ0n) is 14.1. The van der Waals surface area contributed by atoms with E-state index in [-0.39, 0.29) is 32.2 Å². The van der Waals surface area contributed by atoms with E-state index in [2.05, 4.69) is 5.32 Å². The quantitative estimate of drug-likeness (QED) is 0.307. The molecule has 0 unspecified atom stereocenters. The summed E-state index contributed by atoms with van der Waals surface area (Å²) >= 11 is 0. The van der Waals surface area contributed by atoms with Crippen LogP contribution in [0.2, 0.25) is 0 Å². The third-order valence-corrected chi connectivity index (χ3v) is 4.09. The Morgan fingerprint density at radius 2 is 1.62 bits per heavy atom. The largest absolute Gasteiger partial charge is 0.481 e. The monoisotopic (exact) mass is 373 g/mol. The van der Waals surface area contributed by atoms with Crippen LogP contribution in [-0.4, -0.2) is 74.6 Å². The third-order valence-electron chi connectivity index (χ3n) is 4.09. The van der Waals surface area contributed by atoms with E-state index in [0.29, 0.717) is 6.42 Å². The molecule has 1 saturated heterocycles. The highest BCUT2D eigenvalue weighted by Crippen LogP contribution is 2.19. The van der Waals surface area contributed by atoms with Gasteiger partial charge in [-0.15, -0.1) is 0 Å². The molecule has 26 heavy (non-hydrogen) atoms. The molecule has 1 rings (SSSR count). The number of nitrogens with one attached hydrogen (secondary N) is 1.